The van der Waals surface area contributed by atoms with Crippen molar-refractivity contribution < 1.29 is 19.4 Å². The first-order valence-electron chi connectivity index (χ1n) is 7.32. The van der Waals surface area contributed by atoms with Gasteiger partial charge in [0.2, 0.25) is 5.91 Å². The Kier molecular flexibility index (Phi) is 6.08. The van der Waals surface area contributed by atoms with Crippen LogP contribution in [0.5, 0.6) is 5.75 Å². The van der Waals surface area contributed by atoms with Crippen LogP contribution in [0, 0.1) is 0 Å². The van der Waals surface area contributed by atoms with E-state index < -0.39 is 12.6 Å². The summed E-state index contributed by atoms with van der Waals surface area (Å²) >= 11 is 0. The number of allylic oxidation sites excluding steroid dienone is 1. The molecule has 0 spiro atoms. The first kappa shape index (κ1) is 17.2. The molecule has 0 fully saturated rings. The molecule has 24 heavy (non-hydrogen) atoms. The quantitative estimate of drug-likeness (QED) is 0.765. The molecule has 2 rings (SSSR count). The minimum absolute atomic E-state index is 0.200. The molecule has 2 aromatic rings. The van der Waals surface area contributed by atoms with Crippen molar-refractivity contribution >= 4 is 17.4 Å². The number of aliphatic carboxylic acids is 1. The van der Waals surface area contributed by atoms with Gasteiger partial charge in [0.25, 0.3) is 0 Å². The minimum Gasteiger partial charge on any atom is -0.546 e. The number of nitrogens with one attached hydrogen (secondary N) is 1. The van der Waals surface area contributed by atoms with Crippen molar-refractivity contribution in [3.05, 3.63) is 66.0 Å². The van der Waals surface area contributed by atoms with Gasteiger partial charge in [-0.05, 0) is 41.8 Å². The third kappa shape index (κ3) is 5.57. The molecule has 0 aliphatic rings. The van der Waals surface area contributed by atoms with Crippen LogP contribution >= 0.6 is 0 Å². The van der Waals surface area contributed by atoms with Crippen LogP contribution in [0.2, 0.25) is 0 Å². The van der Waals surface area contributed by atoms with E-state index in [9.17, 15) is 14.7 Å². The summed E-state index contributed by atoms with van der Waals surface area (Å²) in [6.07, 6.45) is 4.88. The number of carbonyl (C=O) groups excluding carboxylic acids is 2. The van der Waals surface area contributed by atoms with Crippen LogP contribution in [0.4, 0.5) is 0 Å². The summed E-state index contributed by atoms with van der Waals surface area (Å²) in [6.45, 7) is 1.73. The Morgan fingerprint density at radius 3 is 2.62 bits per heavy atom. The van der Waals surface area contributed by atoms with E-state index in [0.29, 0.717) is 12.3 Å². The maximum Gasteiger partial charge on any atom is 0.244 e. The second-order valence-electron chi connectivity index (χ2n) is 5.09. The summed E-state index contributed by atoms with van der Waals surface area (Å²) in [5.41, 5.74) is 2.55. The standard InChI is InChI=1S/C18H18N2O4/c1-13(9-17(21)20-11-14-3-2-8-19-10-14)15-4-6-16(7-5-15)24-12-18(22)23/h2-10H,11-12H2,1H3,(H,20,21)(H,22,23)/p-1/b13-9+. The third-order valence-corrected chi connectivity index (χ3v) is 3.20. The Balaban J connectivity index is 1.91. The predicted octanol–water partition coefficient (Wildman–Crippen LogP) is 0.930. The predicted molar refractivity (Wildman–Crippen MR) is 86.7 cm³/mol. The summed E-state index contributed by atoms with van der Waals surface area (Å²) < 4.78 is 5.00. The van der Waals surface area contributed by atoms with E-state index in [4.69, 9.17) is 4.74 Å². The number of ether oxygens (including phenoxy) is 1. The van der Waals surface area contributed by atoms with Crippen molar-refractivity contribution in [2.24, 2.45) is 0 Å². The van der Waals surface area contributed by atoms with Crippen LogP contribution in [-0.2, 0) is 16.1 Å². The fourth-order valence-electron chi connectivity index (χ4n) is 1.98. The number of pyridine rings is 1. The molecule has 1 aromatic heterocycles. The molecule has 6 heteroatoms. The fraction of sp³-hybridized carbons (Fsp3) is 0.167. The van der Waals surface area contributed by atoms with Crippen LogP contribution in [0.15, 0.2) is 54.9 Å². The average Bonchev–Trinajstić information content (AvgIpc) is 2.59. The highest BCUT2D eigenvalue weighted by molar-refractivity contribution is 5.94. The van der Waals surface area contributed by atoms with Gasteiger partial charge in [-0.2, -0.15) is 0 Å². The highest BCUT2D eigenvalue weighted by atomic mass is 16.5. The van der Waals surface area contributed by atoms with Gasteiger partial charge < -0.3 is 20.0 Å². The number of hydrogen-bond acceptors (Lipinski definition) is 5. The number of rotatable bonds is 7. The number of hydrogen-bond donors (Lipinski definition) is 1. The van der Waals surface area contributed by atoms with E-state index in [1.54, 1.807) is 36.7 Å². The monoisotopic (exact) mass is 325 g/mol. The molecule has 6 nitrogen and oxygen atoms in total. The maximum atomic E-state index is 11.9. The zero-order chi connectivity index (χ0) is 17.4. The minimum atomic E-state index is -1.28. The topological polar surface area (TPSA) is 91.3 Å². The summed E-state index contributed by atoms with van der Waals surface area (Å²) in [6, 6.07) is 10.5. The Bertz CT molecular complexity index is 724. The summed E-state index contributed by atoms with van der Waals surface area (Å²) in [7, 11) is 0. The van der Waals surface area contributed by atoms with Crippen LogP contribution in [0.25, 0.3) is 5.57 Å². The molecule has 1 amide bonds. The molecule has 124 valence electrons. The lowest BCUT2D eigenvalue weighted by molar-refractivity contribution is -0.307. The van der Waals surface area contributed by atoms with Gasteiger partial charge in [-0.3, -0.25) is 9.78 Å². The molecule has 0 aliphatic carbocycles. The van der Waals surface area contributed by atoms with Crippen LogP contribution in [-0.4, -0.2) is 23.5 Å². The summed E-state index contributed by atoms with van der Waals surface area (Å²) in [5.74, 6) is -1.05. The highest BCUT2D eigenvalue weighted by Crippen LogP contribution is 2.18. The first-order chi connectivity index (χ1) is 11.5. The number of carbonyl (C=O) groups is 2. The zero-order valence-corrected chi connectivity index (χ0v) is 13.2. The van der Waals surface area contributed by atoms with E-state index in [-0.39, 0.29) is 5.91 Å². The molecular formula is C18H17N2O4-. The Morgan fingerprint density at radius 2 is 2.00 bits per heavy atom. The van der Waals surface area contributed by atoms with Crippen molar-refractivity contribution in [2.45, 2.75) is 13.5 Å². The molecule has 0 bridgehead atoms. The molecule has 0 aliphatic heterocycles. The van der Waals surface area contributed by atoms with Gasteiger partial charge in [-0.1, -0.05) is 18.2 Å². The lowest BCUT2D eigenvalue weighted by Crippen LogP contribution is -2.28. The van der Waals surface area contributed by atoms with Gasteiger partial charge in [0.1, 0.15) is 12.4 Å². The van der Waals surface area contributed by atoms with E-state index in [2.05, 4.69) is 10.3 Å². The smallest absolute Gasteiger partial charge is 0.244 e. The molecule has 0 saturated carbocycles. The number of aromatic nitrogens is 1. The molecule has 0 atom stereocenters. The number of carboxylic acid groups (broad SMARTS) is 1. The maximum absolute atomic E-state index is 11.9. The molecule has 0 radical (unpaired) electrons. The van der Waals surface area contributed by atoms with Crippen molar-refractivity contribution in [2.75, 3.05) is 6.61 Å². The van der Waals surface area contributed by atoms with Crippen molar-refractivity contribution in [3.8, 4) is 5.75 Å². The molecule has 0 saturated heterocycles. The Hall–Kier alpha value is -3.15. The number of nitrogens with zero attached hydrogens (tertiary/aromatic N) is 1. The summed E-state index contributed by atoms with van der Waals surface area (Å²) in [4.78, 5) is 26.3. The lowest BCUT2D eigenvalue weighted by atomic mass is 10.1. The van der Waals surface area contributed by atoms with Gasteiger partial charge in [-0.25, -0.2) is 0 Å². The Morgan fingerprint density at radius 1 is 1.25 bits per heavy atom. The lowest BCUT2D eigenvalue weighted by Gasteiger charge is -2.08. The number of benzene rings is 1. The van der Waals surface area contributed by atoms with Gasteiger partial charge in [0.15, 0.2) is 0 Å². The molecule has 1 heterocycles. The Labute approximate surface area is 139 Å². The van der Waals surface area contributed by atoms with Gasteiger partial charge in [-0.15, -0.1) is 0 Å². The molecule has 0 unspecified atom stereocenters. The van der Waals surface area contributed by atoms with E-state index in [1.165, 1.54) is 6.08 Å². The van der Waals surface area contributed by atoms with Crippen molar-refractivity contribution in [1.82, 2.24) is 10.3 Å². The van der Waals surface area contributed by atoms with E-state index >= 15 is 0 Å². The van der Waals surface area contributed by atoms with Crippen LogP contribution < -0.4 is 15.2 Å². The SMILES string of the molecule is C/C(=C\C(=O)NCc1cccnc1)c1ccc(OCC(=O)[O-])cc1. The van der Waals surface area contributed by atoms with Crippen molar-refractivity contribution in [3.63, 3.8) is 0 Å². The highest BCUT2D eigenvalue weighted by Gasteiger charge is 2.02. The normalized spacial score (nSPS) is 11.0. The van der Waals surface area contributed by atoms with Gasteiger partial charge in [0, 0.05) is 25.0 Å². The van der Waals surface area contributed by atoms with Gasteiger partial charge in [0.05, 0.1) is 5.97 Å². The van der Waals surface area contributed by atoms with Crippen LogP contribution in [0.3, 0.4) is 0 Å². The fourth-order valence-corrected chi connectivity index (χ4v) is 1.98. The van der Waals surface area contributed by atoms with E-state index in [0.717, 1.165) is 16.7 Å². The second kappa shape index (κ2) is 8.47. The second-order valence-corrected chi connectivity index (χ2v) is 5.09. The molecule has 1 N–H and O–H groups in total. The van der Waals surface area contributed by atoms with Gasteiger partial charge >= 0.3 is 0 Å². The molecular weight excluding hydrogens is 308 g/mol. The third-order valence-electron chi connectivity index (χ3n) is 3.20. The number of carboxylic acids is 1. The summed E-state index contributed by atoms with van der Waals surface area (Å²) in [5, 5.41) is 13.1. The largest absolute Gasteiger partial charge is 0.546 e. The van der Waals surface area contributed by atoms with Crippen LogP contribution in [0.1, 0.15) is 18.1 Å². The average molecular weight is 325 g/mol. The van der Waals surface area contributed by atoms with E-state index in [1.807, 2.05) is 19.1 Å². The zero-order valence-electron chi connectivity index (χ0n) is 13.2. The number of amides is 1. The first-order valence-corrected chi connectivity index (χ1v) is 7.32. The molecule has 1 aromatic carbocycles. The van der Waals surface area contributed by atoms with Crippen molar-refractivity contribution in [1.29, 1.82) is 0 Å².